The van der Waals surface area contributed by atoms with E-state index >= 15 is 0 Å². The zero-order chi connectivity index (χ0) is 12.4. The van der Waals surface area contributed by atoms with Crippen molar-refractivity contribution in [1.29, 1.82) is 0 Å². The number of halogens is 1. The van der Waals surface area contributed by atoms with Gasteiger partial charge in [0.25, 0.3) is 0 Å². The molecule has 0 amide bonds. The molecule has 1 N–H and O–H groups in total. The molecule has 0 radical (unpaired) electrons. The van der Waals surface area contributed by atoms with Gasteiger partial charge in [-0.15, -0.1) is 22.7 Å². The average molecular weight is 330 g/mol. The molecule has 1 unspecified atom stereocenters. The van der Waals surface area contributed by atoms with Crippen molar-refractivity contribution in [2.45, 2.75) is 33.4 Å². The van der Waals surface area contributed by atoms with Gasteiger partial charge < -0.3 is 5.32 Å². The van der Waals surface area contributed by atoms with Crippen molar-refractivity contribution in [3.63, 3.8) is 0 Å². The van der Waals surface area contributed by atoms with Crippen LogP contribution in [0.2, 0.25) is 0 Å². The van der Waals surface area contributed by atoms with E-state index in [9.17, 15) is 0 Å². The Morgan fingerprint density at radius 3 is 2.65 bits per heavy atom. The van der Waals surface area contributed by atoms with Crippen LogP contribution < -0.4 is 5.32 Å². The lowest BCUT2D eigenvalue weighted by atomic mass is 10.1. The zero-order valence-corrected chi connectivity index (χ0v) is 13.4. The van der Waals surface area contributed by atoms with E-state index < -0.39 is 0 Å². The molecule has 0 aliphatic rings. The van der Waals surface area contributed by atoms with Gasteiger partial charge in [-0.1, -0.05) is 0 Å². The Labute approximate surface area is 119 Å². The van der Waals surface area contributed by atoms with Crippen LogP contribution in [0.1, 0.15) is 33.2 Å². The Hall–Kier alpha value is -0.160. The molecule has 92 valence electrons. The minimum absolute atomic E-state index is 0.417. The third-order valence-corrected chi connectivity index (χ3v) is 5.43. The Bertz CT molecular complexity index is 501. The molecule has 0 fully saturated rings. The van der Waals surface area contributed by atoms with Gasteiger partial charge in [-0.3, -0.25) is 0 Å². The van der Waals surface area contributed by atoms with Crippen LogP contribution in [0, 0.1) is 13.8 Å². The number of rotatable bonds is 4. The summed E-state index contributed by atoms with van der Waals surface area (Å²) in [6.45, 7) is 7.54. The molecule has 2 aromatic heterocycles. The van der Waals surface area contributed by atoms with Crippen molar-refractivity contribution in [1.82, 2.24) is 5.32 Å². The van der Waals surface area contributed by atoms with E-state index in [1.54, 1.807) is 11.3 Å². The van der Waals surface area contributed by atoms with Gasteiger partial charge in [0.15, 0.2) is 0 Å². The highest BCUT2D eigenvalue weighted by Gasteiger charge is 2.10. The molecule has 0 saturated heterocycles. The minimum Gasteiger partial charge on any atom is -0.305 e. The van der Waals surface area contributed by atoms with Crippen LogP contribution in [0.4, 0.5) is 0 Å². The molecular formula is C13H16BrNS2. The average Bonchev–Trinajstić information content (AvgIpc) is 2.81. The summed E-state index contributed by atoms with van der Waals surface area (Å²) in [4.78, 5) is 4.19. The van der Waals surface area contributed by atoms with Gasteiger partial charge in [-0.2, -0.15) is 0 Å². The molecule has 0 saturated carbocycles. The van der Waals surface area contributed by atoms with E-state index in [1.807, 2.05) is 11.3 Å². The topological polar surface area (TPSA) is 12.0 Å². The lowest BCUT2D eigenvalue weighted by Gasteiger charge is -2.12. The van der Waals surface area contributed by atoms with E-state index in [0.717, 1.165) is 6.54 Å². The first-order chi connectivity index (χ1) is 8.06. The summed E-state index contributed by atoms with van der Waals surface area (Å²) in [6.07, 6.45) is 0. The summed E-state index contributed by atoms with van der Waals surface area (Å²) in [5.41, 5.74) is 1.43. The van der Waals surface area contributed by atoms with Crippen molar-refractivity contribution in [2.24, 2.45) is 0 Å². The molecule has 0 aliphatic carbocycles. The lowest BCUT2D eigenvalue weighted by Crippen LogP contribution is -2.17. The van der Waals surface area contributed by atoms with E-state index in [4.69, 9.17) is 0 Å². The second-order valence-corrected chi connectivity index (χ2v) is 7.57. The monoisotopic (exact) mass is 329 g/mol. The molecule has 1 atom stereocenters. The molecule has 0 aliphatic heterocycles. The third kappa shape index (κ3) is 3.41. The summed E-state index contributed by atoms with van der Waals surface area (Å²) >= 11 is 7.15. The molecule has 17 heavy (non-hydrogen) atoms. The van der Waals surface area contributed by atoms with Gasteiger partial charge in [0.1, 0.15) is 0 Å². The van der Waals surface area contributed by atoms with Crippen molar-refractivity contribution in [2.75, 3.05) is 0 Å². The Morgan fingerprint density at radius 1 is 1.35 bits per heavy atom. The SMILES string of the molecule is Cc1cc(C(C)NCc2cc(Br)cs2)c(C)s1. The summed E-state index contributed by atoms with van der Waals surface area (Å²) < 4.78 is 1.18. The Kier molecular flexibility index (Phi) is 4.42. The van der Waals surface area contributed by atoms with Crippen LogP contribution in [-0.2, 0) is 6.54 Å². The van der Waals surface area contributed by atoms with Gasteiger partial charge in [-0.25, -0.2) is 0 Å². The second kappa shape index (κ2) is 5.65. The summed E-state index contributed by atoms with van der Waals surface area (Å²) in [5, 5.41) is 5.71. The van der Waals surface area contributed by atoms with Crippen molar-refractivity contribution < 1.29 is 0 Å². The number of thiophene rings is 2. The standard InChI is InChI=1S/C13H16BrNS2/c1-8-4-13(10(3)17-8)9(2)15-6-12-5-11(14)7-16-12/h4-5,7,9,15H,6H2,1-3H3. The predicted molar refractivity (Wildman–Crippen MR) is 81.1 cm³/mol. The van der Waals surface area contributed by atoms with Gasteiger partial charge >= 0.3 is 0 Å². The number of aryl methyl sites for hydroxylation is 2. The first-order valence-electron chi connectivity index (χ1n) is 5.59. The molecule has 1 nitrogen and oxygen atoms in total. The Balaban J connectivity index is 1.97. The molecule has 0 aromatic carbocycles. The van der Waals surface area contributed by atoms with Gasteiger partial charge in [-0.05, 0) is 54.4 Å². The maximum Gasteiger partial charge on any atom is 0.0306 e. The fourth-order valence-electron chi connectivity index (χ4n) is 1.89. The number of hydrogen-bond acceptors (Lipinski definition) is 3. The van der Waals surface area contributed by atoms with Crippen molar-refractivity contribution in [3.05, 3.63) is 42.2 Å². The molecule has 0 bridgehead atoms. The number of hydrogen-bond donors (Lipinski definition) is 1. The fourth-order valence-corrected chi connectivity index (χ4v) is 4.31. The maximum absolute atomic E-state index is 3.58. The zero-order valence-electron chi connectivity index (χ0n) is 10.2. The van der Waals surface area contributed by atoms with Crippen LogP contribution in [0.25, 0.3) is 0 Å². The molecule has 0 spiro atoms. The van der Waals surface area contributed by atoms with Gasteiger partial charge in [0.05, 0.1) is 0 Å². The fraction of sp³-hybridized carbons (Fsp3) is 0.385. The summed E-state index contributed by atoms with van der Waals surface area (Å²) in [6, 6.07) is 4.89. The first kappa shape index (κ1) is 13.3. The first-order valence-corrected chi connectivity index (χ1v) is 8.08. The highest BCUT2D eigenvalue weighted by molar-refractivity contribution is 9.10. The smallest absolute Gasteiger partial charge is 0.0306 e. The normalized spacial score (nSPS) is 12.9. The lowest BCUT2D eigenvalue weighted by molar-refractivity contribution is 0.578. The largest absolute Gasteiger partial charge is 0.305 e. The summed E-state index contributed by atoms with van der Waals surface area (Å²) in [5.74, 6) is 0. The van der Waals surface area contributed by atoms with Crippen molar-refractivity contribution in [3.8, 4) is 0 Å². The minimum atomic E-state index is 0.417. The highest BCUT2D eigenvalue weighted by atomic mass is 79.9. The van der Waals surface area contributed by atoms with Crippen LogP contribution >= 0.6 is 38.6 Å². The number of nitrogens with one attached hydrogen (secondary N) is 1. The van der Waals surface area contributed by atoms with Gasteiger partial charge in [0, 0.05) is 37.1 Å². The molecule has 4 heteroatoms. The van der Waals surface area contributed by atoms with E-state index in [-0.39, 0.29) is 0 Å². The van der Waals surface area contributed by atoms with E-state index in [0.29, 0.717) is 6.04 Å². The quantitative estimate of drug-likeness (QED) is 0.828. The van der Waals surface area contributed by atoms with Crippen LogP contribution in [0.3, 0.4) is 0 Å². The van der Waals surface area contributed by atoms with Crippen LogP contribution in [-0.4, -0.2) is 0 Å². The molecule has 2 aromatic rings. The Morgan fingerprint density at radius 2 is 2.12 bits per heavy atom. The molecule has 2 heterocycles. The third-order valence-electron chi connectivity index (χ3n) is 2.75. The van der Waals surface area contributed by atoms with Crippen LogP contribution in [0.15, 0.2) is 22.0 Å². The van der Waals surface area contributed by atoms with Crippen molar-refractivity contribution >= 4 is 38.6 Å². The maximum atomic E-state index is 3.58. The molecular weight excluding hydrogens is 314 g/mol. The van der Waals surface area contributed by atoms with Gasteiger partial charge in [0.2, 0.25) is 0 Å². The van der Waals surface area contributed by atoms with E-state index in [2.05, 4.69) is 59.5 Å². The second-order valence-electron chi connectivity index (χ2n) is 4.20. The summed E-state index contributed by atoms with van der Waals surface area (Å²) in [7, 11) is 0. The molecule has 2 rings (SSSR count). The predicted octanol–water partition coefficient (Wildman–Crippen LogP) is 5.04. The van der Waals surface area contributed by atoms with Crippen LogP contribution in [0.5, 0.6) is 0 Å². The van der Waals surface area contributed by atoms with E-state index in [1.165, 1.54) is 24.7 Å². The highest BCUT2D eigenvalue weighted by Crippen LogP contribution is 2.27.